The molecule has 60 valence electrons. The molecular weight excluding hydrogens is 162 g/mol. The van der Waals surface area contributed by atoms with Crippen molar-refractivity contribution < 1.29 is 4.79 Å². The standard InChI is InChI=1S/C6H9N3OS/c1-4-5(2-7)6(8-3-10)11-9-4/h3H,2,7H2,1H3,(H,8,10). The molecular formula is C6H9N3OS. The van der Waals surface area contributed by atoms with Crippen LogP contribution in [0.15, 0.2) is 0 Å². The second kappa shape index (κ2) is 3.45. The zero-order valence-electron chi connectivity index (χ0n) is 6.13. The number of carbonyl (C=O) groups is 1. The quantitative estimate of drug-likeness (QED) is 0.650. The molecule has 0 spiro atoms. The van der Waals surface area contributed by atoms with E-state index < -0.39 is 0 Å². The summed E-state index contributed by atoms with van der Waals surface area (Å²) in [6.07, 6.45) is 0.631. The van der Waals surface area contributed by atoms with Crippen LogP contribution in [0.2, 0.25) is 0 Å². The van der Waals surface area contributed by atoms with Crippen LogP contribution in [0.25, 0.3) is 0 Å². The highest BCUT2D eigenvalue weighted by Gasteiger charge is 2.06. The summed E-state index contributed by atoms with van der Waals surface area (Å²) in [7, 11) is 0. The molecule has 0 saturated carbocycles. The number of nitrogens with one attached hydrogen (secondary N) is 1. The number of rotatable bonds is 3. The van der Waals surface area contributed by atoms with Crippen molar-refractivity contribution in [1.82, 2.24) is 4.37 Å². The molecule has 1 aromatic heterocycles. The second-order valence-electron chi connectivity index (χ2n) is 2.04. The lowest BCUT2D eigenvalue weighted by molar-refractivity contribution is -0.105. The second-order valence-corrected chi connectivity index (χ2v) is 2.82. The van der Waals surface area contributed by atoms with Crippen molar-refractivity contribution in [2.45, 2.75) is 13.5 Å². The molecule has 1 amide bonds. The number of nitrogens with zero attached hydrogens (tertiary/aromatic N) is 1. The number of hydrogen-bond acceptors (Lipinski definition) is 4. The minimum atomic E-state index is 0.415. The Kier molecular flexibility index (Phi) is 2.56. The summed E-state index contributed by atoms with van der Waals surface area (Å²) >= 11 is 1.25. The summed E-state index contributed by atoms with van der Waals surface area (Å²) in [4.78, 5) is 10.1. The summed E-state index contributed by atoms with van der Waals surface area (Å²) in [5.41, 5.74) is 7.25. The van der Waals surface area contributed by atoms with E-state index in [1.54, 1.807) is 0 Å². The van der Waals surface area contributed by atoms with Crippen molar-refractivity contribution in [1.29, 1.82) is 0 Å². The average molecular weight is 171 g/mol. The smallest absolute Gasteiger partial charge is 0.212 e. The minimum absolute atomic E-state index is 0.415. The lowest BCUT2D eigenvalue weighted by atomic mass is 10.2. The summed E-state index contributed by atoms with van der Waals surface area (Å²) in [6, 6.07) is 0. The van der Waals surface area contributed by atoms with Gasteiger partial charge in [-0.15, -0.1) is 0 Å². The first-order valence-corrected chi connectivity index (χ1v) is 3.92. The van der Waals surface area contributed by atoms with Crippen LogP contribution in [0.1, 0.15) is 11.3 Å². The highest BCUT2D eigenvalue weighted by molar-refractivity contribution is 7.10. The zero-order valence-corrected chi connectivity index (χ0v) is 6.94. The van der Waals surface area contributed by atoms with Gasteiger partial charge in [0.25, 0.3) is 0 Å². The Bertz CT molecular complexity index is 258. The van der Waals surface area contributed by atoms with Gasteiger partial charge in [0, 0.05) is 12.1 Å². The van der Waals surface area contributed by atoms with Gasteiger partial charge in [0.1, 0.15) is 5.00 Å². The molecule has 1 rings (SSSR count). The lowest BCUT2D eigenvalue weighted by Crippen LogP contribution is -2.01. The molecule has 0 radical (unpaired) electrons. The largest absolute Gasteiger partial charge is 0.326 e. The molecule has 11 heavy (non-hydrogen) atoms. The SMILES string of the molecule is Cc1nsc(NC=O)c1CN. The molecule has 0 bridgehead atoms. The zero-order chi connectivity index (χ0) is 8.27. The van der Waals surface area contributed by atoms with Gasteiger partial charge in [-0.05, 0) is 18.5 Å². The van der Waals surface area contributed by atoms with Crippen molar-refractivity contribution in [3.8, 4) is 0 Å². The van der Waals surface area contributed by atoms with Gasteiger partial charge in [0.05, 0.1) is 5.69 Å². The fourth-order valence-corrected chi connectivity index (χ4v) is 1.58. The van der Waals surface area contributed by atoms with Crippen molar-refractivity contribution in [2.75, 3.05) is 5.32 Å². The van der Waals surface area contributed by atoms with E-state index in [0.717, 1.165) is 16.3 Å². The van der Waals surface area contributed by atoms with Crippen molar-refractivity contribution >= 4 is 22.9 Å². The Morgan fingerprint density at radius 2 is 2.55 bits per heavy atom. The third-order valence-electron chi connectivity index (χ3n) is 1.38. The minimum Gasteiger partial charge on any atom is -0.326 e. The van der Waals surface area contributed by atoms with Gasteiger partial charge in [0.15, 0.2) is 0 Å². The van der Waals surface area contributed by atoms with Gasteiger partial charge >= 0.3 is 0 Å². The topological polar surface area (TPSA) is 68.0 Å². The Hall–Kier alpha value is -0.940. The van der Waals surface area contributed by atoms with E-state index in [-0.39, 0.29) is 0 Å². The molecule has 0 fully saturated rings. The molecule has 0 unspecified atom stereocenters. The number of aryl methyl sites for hydroxylation is 1. The summed E-state index contributed by atoms with van der Waals surface area (Å²) in [5.74, 6) is 0. The predicted molar refractivity (Wildman–Crippen MR) is 44.4 cm³/mol. The third kappa shape index (κ3) is 1.55. The van der Waals surface area contributed by atoms with Crippen LogP contribution >= 0.6 is 11.5 Å². The van der Waals surface area contributed by atoms with Crippen LogP contribution in [0.5, 0.6) is 0 Å². The summed E-state index contributed by atoms with van der Waals surface area (Å²) < 4.78 is 4.05. The van der Waals surface area contributed by atoms with Gasteiger partial charge < -0.3 is 11.1 Å². The van der Waals surface area contributed by atoms with E-state index in [0.29, 0.717) is 13.0 Å². The highest BCUT2D eigenvalue weighted by Crippen LogP contribution is 2.22. The van der Waals surface area contributed by atoms with Gasteiger partial charge in [-0.25, -0.2) is 0 Å². The Balaban J connectivity index is 2.95. The maximum Gasteiger partial charge on any atom is 0.212 e. The maximum atomic E-state index is 10.1. The first-order valence-electron chi connectivity index (χ1n) is 3.15. The van der Waals surface area contributed by atoms with Crippen LogP contribution in [-0.2, 0) is 11.3 Å². The van der Waals surface area contributed by atoms with Crippen molar-refractivity contribution in [2.24, 2.45) is 5.73 Å². The molecule has 0 aliphatic rings. The van der Waals surface area contributed by atoms with Crippen LogP contribution in [0.3, 0.4) is 0 Å². The number of nitrogens with two attached hydrogens (primary N) is 1. The maximum absolute atomic E-state index is 10.1. The Labute approximate surface area is 68.6 Å². The van der Waals surface area contributed by atoms with Gasteiger partial charge in [0.2, 0.25) is 6.41 Å². The van der Waals surface area contributed by atoms with Crippen molar-refractivity contribution in [3.05, 3.63) is 11.3 Å². The molecule has 0 aromatic carbocycles. The van der Waals surface area contributed by atoms with E-state index in [2.05, 4.69) is 9.69 Å². The number of hydrogen-bond donors (Lipinski definition) is 2. The molecule has 3 N–H and O–H groups in total. The van der Waals surface area contributed by atoms with Crippen LogP contribution in [-0.4, -0.2) is 10.8 Å². The van der Waals surface area contributed by atoms with E-state index in [1.165, 1.54) is 11.5 Å². The van der Waals surface area contributed by atoms with E-state index in [9.17, 15) is 4.79 Å². The fraction of sp³-hybridized carbons (Fsp3) is 0.333. The lowest BCUT2D eigenvalue weighted by Gasteiger charge is -1.96. The van der Waals surface area contributed by atoms with Crippen LogP contribution < -0.4 is 11.1 Å². The van der Waals surface area contributed by atoms with Gasteiger partial charge in [-0.2, -0.15) is 4.37 Å². The number of anilines is 1. The third-order valence-corrected chi connectivity index (χ3v) is 2.29. The van der Waals surface area contributed by atoms with E-state index >= 15 is 0 Å². The molecule has 0 aliphatic heterocycles. The highest BCUT2D eigenvalue weighted by atomic mass is 32.1. The summed E-state index contributed by atoms with van der Waals surface area (Å²) in [6.45, 7) is 2.28. The normalized spacial score (nSPS) is 9.64. The average Bonchev–Trinajstić information content (AvgIpc) is 2.33. The molecule has 0 saturated heterocycles. The summed E-state index contributed by atoms with van der Waals surface area (Å²) in [5, 5.41) is 3.29. The van der Waals surface area contributed by atoms with Crippen LogP contribution in [0, 0.1) is 6.92 Å². The predicted octanol–water partition coefficient (Wildman–Crippen LogP) is 0.479. The van der Waals surface area contributed by atoms with Gasteiger partial charge in [-0.3, -0.25) is 4.79 Å². The molecule has 4 nitrogen and oxygen atoms in total. The number of aromatic nitrogens is 1. The molecule has 5 heteroatoms. The monoisotopic (exact) mass is 171 g/mol. The Morgan fingerprint density at radius 1 is 1.82 bits per heavy atom. The molecule has 0 aliphatic carbocycles. The number of amides is 1. The van der Waals surface area contributed by atoms with E-state index in [1.807, 2.05) is 6.92 Å². The van der Waals surface area contributed by atoms with Crippen LogP contribution in [0.4, 0.5) is 5.00 Å². The fourth-order valence-electron chi connectivity index (χ4n) is 0.796. The first kappa shape index (κ1) is 8.16. The molecule has 0 atom stereocenters. The first-order chi connectivity index (χ1) is 5.29. The number of carbonyl (C=O) groups excluding carboxylic acids is 1. The molecule has 1 aromatic rings. The van der Waals surface area contributed by atoms with Crippen molar-refractivity contribution in [3.63, 3.8) is 0 Å². The van der Waals surface area contributed by atoms with Gasteiger partial charge in [-0.1, -0.05) is 0 Å². The Morgan fingerprint density at radius 3 is 3.09 bits per heavy atom. The molecule has 1 heterocycles. The van der Waals surface area contributed by atoms with E-state index in [4.69, 9.17) is 5.73 Å².